The van der Waals surface area contributed by atoms with Crippen molar-refractivity contribution in [3.63, 3.8) is 0 Å². The smallest absolute Gasteiger partial charge is 0.157 e. The fourth-order valence-corrected chi connectivity index (χ4v) is 4.05. The summed E-state index contributed by atoms with van der Waals surface area (Å²) in [7, 11) is 0. The summed E-state index contributed by atoms with van der Waals surface area (Å²) >= 11 is 0. The molecule has 3 atom stereocenters. The Morgan fingerprint density at radius 2 is 1.76 bits per heavy atom. The summed E-state index contributed by atoms with van der Waals surface area (Å²) in [5.74, 6) is 2.71. The van der Waals surface area contributed by atoms with Crippen molar-refractivity contribution in [2.75, 3.05) is 13.2 Å². The normalized spacial score (nSPS) is 34.8. The van der Waals surface area contributed by atoms with Crippen molar-refractivity contribution < 1.29 is 9.47 Å². The highest BCUT2D eigenvalue weighted by Gasteiger charge is 2.54. The van der Waals surface area contributed by atoms with Gasteiger partial charge < -0.3 is 9.47 Å². The van der Waals surface area contributed by atoms with Gasteiger partial charge in [0.25, 0.3) is 0 Å². The lowest BCUT2D eigenvalue weighted by Gasteiger charge is -2.60. The lowest BCUT2D eigenvalue weighted by atomic mass is 9.45. The van der Waals surface area contributed by atoms with Gasteiger partial charge in [-0.3, -0.25) is 0 Å². The summed E-state index contributed by atoms with van der Waals surface area (Å²) in [5.41, 5.74) is 0.575. The zero-order valence-corrected chi connectivity index (χ0v) is 11.9. The Hall–Kier alpha value is -0.0800. The molecular formula is C15H28O2. The zero-order chi connectivity index (χ0) is 12.5. The molecule has 0 heterocycles. The Balaban J connectivity index is 1.89. The van der Waals surface area contributed by atoms with Crippen LogP contribution in [-0.4, -0.2) is 19.5 Å². The highest BCUT2D eigenvalue weighted by atomic mass is 16.7. The topological polar surface area (TPSA) is 18.5 Å². The van der Waals surface area contributed by atoms with Gasteiger partial charge >= 0.3 is 0 Å². The molecule has 0 amide bonds. The standard InChI is InChI=1S/C15H28O2/c1-5-16-14(17-6-2)9-11-7-8-12-10-13(11)15(12,3)4/h11-14H,5-10H2,1-4H3. The first kappa shape index (κ1) is 13.4. The second-order valence-corrected chi connectivity index (χ2v) is 6.27. The van der Waals surface area contributed by atoms with E-state index in [1.165, 1.54) is 19.3 Å². The van der Waals surface area contributed by atoms with Crippen molar-refractivity contribution in [2.45, 2.75) is 59.7 Å². The van der Waals surface area contributed by atoms with Gasteiger partial charge in [-0.2, -0.15) is 0 Å². The molecule has 3 unspecified atom stereocenters. The molecule has 0 aromatic rings. The first-order valence-electron chi connectivity index (χ1n) is 7.32. The van der Waals surface area contributed by atoms with E-state index in [2.05, 4.69) is 27.7 Å². The minimum absolute atomic E-state index is 0.0305. The molecule has 0 aliphatic heterocycles. The van der Waals surface area contributed by atoms with Crippen LogP contribution in [-0.2, 0) is 9.47 Å². The molecule has 0 aromatic carbocycles. The molecule has 2 bridgehead atoms. The Kier molecular flexibility index (Phi) is 4.14. The summed E-state index contributed by atoms with van der Waals surface area (Å²) in [4.78, 5) is 0. The highest BCUT2D eigenvalue weighted by molar-refractivity contribution is 5.03. The van der Waals surface area contributed by atoms with Gasteiger partial charge in [-0.15, -0.1) is 0 Å². The summed E-state index contributed by atoms with van der Waals surface area (Å²) in [6, 6.07) is 0. The van der Waals surface area contributed by atoms with Crippen LogP contribution < -0.4 is 0 Å². The second kappa shape index (κ2) is 5.27. The average Bonchev–Trinajstić information content (AvgIpc) is 2.29. The van der Waals surface area contributed by atoms with Gasteiger partial charge in [0.1, 0.15) is 0 Å². The van der Waals surface area contributed by atoms with Crippen LogP contribution in [0, 0.1) is 23.2 Å². The Labute approximate surface area is 106 Å². The third kappa shape index (κ3) is 2.53. The van der Waals surface area contributed by atoms with E-state index in [-0.39, 0.29) is 6.29 Å². The van der Waals surface area contributed by atoms with Gasteiger partial charge in [0, 0.05) is 19.6 Å². The minimum atomic E-state index is 0.0305. The van der Waals surface area contributed by atoms with E-state index < -0.39 is 0 Å². The van der Waals surface area contributed by atoms with Gasteiger partial charge in [-0.05, 0) is 56.3 Å². The van der Waals surface area contributed by atoms with Crippen molar-refractivity contribution in [3.05, 3.63) is 0 Å². The van der Waals surface area contributed by atoms with E-state index in [0.717, 1.165) is 37.4 Å². The van der Waals surface area contributed by atoms with Gasteiger partial charge in [0.15, 0.2) is 6.29 Å². The van der Waals surface area contributed by atoms with Crippen molar-refractivity contribution >= 4 is 0 Å². The molecule has 17 heavy (non-hydrogen) atoms. The van der Waals surface area contributed by atoms with Crippen molar-refractivity contribution in [1.82, 2.24) is 0 Å². The van der Waals surface area contributed by atoms with Gasteiger partial charge in [0.05, 0.1) is 0 Å². The molecule has 2 nitrogen and oxygen atoms in total. The first-order valence-corrected chi connectivity index (χ1v) is 7.32. The van der Waals surface area contributed by atoms with Crippen LogP contribution in [0.2, 0.25) is 0 Å². The van der Waals surface area contributed by atoms with Crippen LogP contribution in [0.4, 0.5) is 0 Å². The lowest BCUT2D eigenvalue weighted by molar-refractivity contribution is -0.175. The van der Waals surface area contributed by atoms with Gasteiger partial charge in [0.2, 0.25) is 0 Å². The summed E-state index contributed by atoms with van der Waals surface area (Å²) in [6.07, 6.45) is 5.38. The molecular weight excluding hydrogens is 212 g/mol. The predicted octanol–water partition coefficient (Wildman–Crippen LogP) is 3.85. The maximum Gasteiger partial charge on any atom is 0.157 e. The van der Waals surface area contributed by atoms with E-state index in [4.69, 9.17) is 9.47 Å². The molecule has 3 aliphatic carbocycles. The van der Waals surface area contributed by atoms with E-state index >= 15 is 0 Å². The fraction of sp³-hybridized carbons (Fsp3) is 1.00. The molecule has 0 saturated heterocycles. The zero-order valence-electron chi connectivity index (χ0n) is 11.9. The maximum absolute atomic E-state index is 5.70. The van der Waals surface area contributed by atoms with Crippen LogP contribution in [0.5, 0.6) is 0 Å². The number of fused-ring (bicyclic) bond motifs is 2. The van der Waals surface area contributed by atoms with E-state index in [1.807, 2.05) is 0 Å². The van der Waals surface area contributed by atoms with Crippen molar-refractivity contribution in [1.29, 1.82) is 0 Å². The van der Waals surface area contributed by atoms with Crippen LogP contribution >= 0.6 is 0 Å². The molecule has 0 radical (unpaired) electrons. The molecule has 3 rings (SSSR count). The summed E-state index contributed by atoms with van der Waals surface area (Å²) < 4.78 is 11.4. The van der Waals surface area contributed by atoms with Crippen molar-refractivity contribution in [2.24, 2.45) is 23.2 Å². The van der Waals surface area contributed by atoms with Gasteiger partial charge in [-0.25, -0.2) is 0 Å². The number of hydrogen-bond acceptors (Lipinski definition) is 2. The molecule has 0 aromatic heterocycles. The quantitative estimate of drug-likeness (QED) is 0.657. The lowest BCUT2D eigenvalue weighted by Crippen LogP contribution is -2.53. The molecule has 3 aliphatic rings. The molecule has 3 fully saturated rings. The SMILES string of the molecule is CCOC(CC1CCC2CC1C2(C)C)OCC. The highest BCUT2D eigenvalue weighted by Crippen LogP contribution is 2.62. The molecule has 2 heteroatoms. The minimum Gasteiger partial charge on any atom is -0.353 e. The Bertz CT molecular complexity index is 241. The Morgan fingerprint density at radius 3 is 2.24 bits per heavy atom. The van der Waals surface area contributed by atoms with E-state index in [0.29, 0.717) is 5.41 Å². The van der Waals surface area contributed by atoms with E-state index in [9.17, 15) is 0 Å². The van der Waals surface area contributed by atoms with E-state index in [1.54, 1.807) is 0 Å². The fourth-order valence-electron chi connectivity index (χ4n) is 4.05. The van der Waals surface area contributed by atoms with Crippen LogP contribution in [0.25, 0.3) is 0 Å². The third-order valence-electron chi connectivity index (χ3n) is 5.20. The average molecular weight is 240 g/mol. The molecule has 0 N–H and O–H groups in total. The number of ether oxygens (including phenoxy) is 2. The molecule has 100 valence electrons. The summed E-state index contributed by atoms with van der Waals surface area (Å²) in [5, 5.41) is 0. The maximum atomic E-state index is 5.70. The largest absolute Gasteiger partial charge is 0.353 e. The molecule has 0 spiro atoms. The van der Waals surface area contributed by atoms with Crippen LogP contribution in [0.1, 0.15) is 53.4 Å². The number of hydrogen-bond donors (Lipinski definition) is 0. The van der Waals surface area contributed by atoms with Crippen molar-refractivity contribution in [3.8, 4) is 0 Å². The second-order valence-electron chi connectivity index (χ2n) is 6.27. The predicted molar refractivity (Wildman–Crippen MR) is 69.8 cm³/mol. The third-order valence-corrected chi connectivity index (χ3v) is 5.20. The number of rotatable bonds is 6. The monoisotopic (exact) mass is 240 g/mol. The Morgan fingerprint density at radius 1 is 1.12 bits per heavy atom. The van der Waals surface area contributed by atoms with Crippen LogP contribution in [0.3, 0.4) is 0 Å². The van der Waals surface area contributed by atoms with Crippen LogP contribution in [0.15, 0.2) is 0 Å². The summed E-state index contributed by atoms with van der Waals surface area (Å²) in [6.45, 7) is 10.5. The molecule has 3 saturated carbocycles. The first-order chi connectivity index (χ1) is 8.09. The van der Waals surface area contributed by atoms with Gasteiger partial charge in [-0.1, -0.05) is 13.8 Å².